The summed E-state index contributed by atoms with van der Waals surface area (Å²) < 4.78 is 24.0. The normalized spacial score (nSPS) is 28.1. The van der Waals surface area contributed by atoms with Gasteiger partial charge in [0.2, 0.25) is 6.29 Å². The van der Waals surface area contributed by atoms with Crippen LogP contribution in [0, 0.1) is 0 Å². The minimum atomic E-state index is -1.82. The Morgan fingerprint density at radius 2 is 1.29 bits per heavy atom. The van der Waals surface area contributed by atoms with Gasteiger partial charge in [0, 0.05) is 34.9 Å². The van der Waals surface area contributed by atoms with Gasteiger partial charge in [-0.05, 0) is 35.9 Å². The highest BCUT2D eigenvalue weighted by Gasteiger charge is 2.48. The molecular weight excluding hydrogens is 688 g/mol. The van der Waals surface area contributed by atoms with Crippen LogP contribution < -0.4 is 9.47 Å². The van der Waals surface area contributed by atoms with Crippen LogP contribution in [0.1, 0.15) is 45.9 Å². The minimum Gasteiger partial charge on any atom is -0.508 e. The lowest BCUT2D eigenvalue weighted by molar-refractivity contribution is -0.293. The number of phenols is 7. The number of phenolic OH excluding ortho intramolecular Hbond substituents is 7. The lowest BCUT2D eigenvalue weighted by Gasteiger charge is -2.41. The molecule has 3 heterocycles. The summed E-state index contributed by atoms with van der Waals surface area (Å²) in [6, 6.07) is 12.4. The molecule has 4 aromatic carbocycles. The quantitative estimate of drug-likeness (QED) is 0.126. The predicted octanol–water partition coefficient (Wildman–Crippen LogP) is 1.54. The molecule has 274 valence electrons. The van der Waals surface area contributed by atoms with Gasteiger partial charge in [-0.1, -0.05) is 18.2 Å². The molecule has 12 N–H and O–H groups in total. The highest BCUT2D eigenvalue weighted by Crippen LogP contribution is 2.57. The first kappa shape index (κ1) is 34.8. The molecule has 0 radical (unpaired) electrons. The molecule has 0 aromatic heterocycles. The van der Waals surface area contributed by atoms with Gasteiger partial charge in [-0.3, -0.25) is 0 Å². The summed E-state index contributed by atoms with van der Waals surface area (Å²) in [6.45, 7) is -0.738. The molecule has 1 fully saturated rings. The fraction of sp³-hybridized carbons (Fsp3) is 0.278. The van der Waals surface area contributed by atoms with Crippen LogP contribution in [0.2, 0.25) is 0 Å². The third-order valence-electron chi connectivity index (χ3n) is 9.35. The van der Waals surface area contributed by atoms with Gasteiger partial charge in [0.25, 0.3) is 0 Å². The first-order valence-electron chi connectivity index (χ1n) is 15.9. The van der Waals surface area contributed by atoms with Crippen molar-refractivity contribution in [3.8, 4) is 51.7 Å². The van der Waals surface area contributed by atoms with Crippen LogP contribution in [0.4, 0.5) is 0 Å². The number of fused-ring (bicyclic) bond motifs is 2. The molecule has 7 rings (SSSR count). The lowest BCUT2D eigenvalue weighted by atomic mass is 9.78. The van der Waals surface area contributed by atoms with Gasteiger partial charge in [0.1, 0.15) is 76.5 Å². The summed E-state index contributed by atoms with van der Waals surface area (Å²) in [6.07, 6.45) is -11.4. The zero-order valence-corrected chi connectivity index (χ0v) is 26.8. The fourth-order valence-corrected chi connectivity index (χ4v) is 6.76. The number of hydrogen-bond donors (Lipinski definition) is 12. The van der Waals surface area contributed by atoms with Gasteiger partial charge in [0.15, 0.2) is 23.7 Å². The lowest BCUT2D eigenvalue weighted by Crippen LogP contribution is -2.59. The Bertz CT molecular complexity index is 2030. The largest absolute Gasteiger partial charge is 0.508 e. The number of aromatic hydroxyl groups is 7. The van der Waals surface area contributed by atoms with Crippen molar-refractivity contribution >= 4 is 6.08 Å². The summed E-state index contributed by atoms with van der Waals surface area (Å²) in [5, 5.41) is 127. The molecule has 0 spiro atoms. The topological polar surface area (TPSA) is 280 Å². The molecule has 3 aliphatic rings. The second-order valence-corrected chi connectivity index (χ2v) is 12.7. The van der Waals surface area contributed by atoms with Gasteiger partial charge >= 0.3 is 0 Å². The maximum Gasteiger partial charge on any atom is 0.228 e. The van der Waals surface area contributed by atoms with Gasteiger partial charge in [-0.2, -0.15) is 0 Å². The third kappa shape index (κ3) is 5.86. The van der Waals surface area contributed by atoms with Crippen molar-refractivity contribution in [2.75, 3.05) is 6.61 Å². The first-order chi connectivity index (χ1) is 24.8. The van der Waals surface area contributed by atoms with Gasteiger partial charge in [-0.25, -0.2) is 0 Å². The predicted molar refractivity (Wildman–Crippen MR) is 175 cm³/mol. The van der Waals surface area contributed by atoms with E-state index < -0.39 is 96.0 Å². The number of rotatable bonds is 6. The molecule has 52 heavy (non-hydrogen) atoms. The molecule has 16 heteroatoms. The fourth-order valence-electron chi connectivity index (χ4n) is 6.76. The summed E-state index contributed by atoms with van der Waals surface area (Å²) in [4.78, 5) is 0. The van der Waals surface area contributed by atoms with E-state index in [1.807, 2.05) is 0 Å². The Kier molecular flexibility index (Phi) is 8.82. The van der Waals surface area contributed by atoms with Crippen LogP contribution in [0.5, 0.6) is 51.7 Å². The second-order valence-electron chi connectivity index (χ2n) is 12.7. The van der Waals surface area contributed by atoms with Crippen LogP contribution in [0.15, 0.2) is 66.4 Å². The second kappa shape index (κ2) is 13.2. The standard InChI is InChI=1S/C36H34O16/c37-12-25-29(45)31(47)32(48)36(51-25)50-24-10-17-19(41)11-22(44)27(35(17)52-33(24)13-1-4-15(38)5-2-13)28-26-21(43)8-16(39)9-23(26)49-34(30(28)46)14-3-6-18(40)20(42)7-14/h1-11,25,28-34,36-48H,12H2/t25-,28+,29-,30-,31+,32+,33?,34-,36-/m1/s1. The summed E-state index contributed by atoms with van der Waals surface area (Å²) in [7, 11) is 0. The van der Waals surface area contributed by atoms with Crippen molar-refractivity contribution in [1.82, 2.24) is 0 Å². The van der Waals surface area contributed by atoms with Gasteiger partial charge in [-0.15, -0.1) is 0 Å². The number of aliphatic hydroxyl groups is 5. The number of ether oxygens (including phenoxy) is 4. The molecular formula is C36H34O16. The smallest absolute Gasteiger partial charge is 0.228 e. The van der Waals surface area contributed by atoms with E-state index in [9.17, 15) is 61.3 Å². The molecule has 0 aliphatic carbocycles. The number of benzene rings is 4. The SMILES string of the molecule is OC[C@H]1O[C@@H](OC2=Cc3c(O)cc(O)c([C@@H]4c5c(O)cc(O)cc5O[C@H](c5ccc(O)c(O)c5)[C@@H]4O)c3OC2c2ccc(O)cc2)[C@@H](O)[C@@H](O)[C@@H]1O. The Hall–Kier alpha value is -5.62. The Balaban J connectivity index is 1.40. The maximum absolute atomic E-state index is 12.0. The van der Waals surface area contributed by atoms with Crippen LogP contribution in [0.3, 0.4) is 0 Å². The third-order valence-corrected chi connectivity index (χ3v) is 9.35. The molecule has 0 amide bonds. The van der Waals surface area contributed by atoms with Crippen LogP contribution in [0.25, 0.3) is 6.08 Å². The van der Waals surface area contributed by atoms with Crippen molar-refractivity contribution in [2.45, 2.75) is 54.9 Å². The van der Waals surface area contributed by atoms with Crippen molar-refractivity contribution in [3.63, 3.8) is 0 Å². The van der Waals surface area contributed by atoms with Crippen LogP contribution in [-0.4, -0.2) is 105 Å². The van der Waals surface area contributed by atoms with E-state index in [0.717, 1.165) is 30.3 Å². The number of aliphatic hydroxyl groups excluding tert-OH is 5. The maximum atomic E-state index is 12.0. The Labute approximate surface area is 293 Å². The average Bonchev–Trinajstić information content (AvgIpc) is 3.10. The number of hydrogen-bond acceptors (Lipinski definition) is 16. The molecule has 0 bridgehead atoms. The monoisotopic (exact) mass is 722 g/mol. The highest BCUT2D eigenvalue weighted by molar-refractivity contribution is 5.75. The molecule has 1 saturated heterocycles. The van der Waals surface area contributed by atoms with E-state index in [4.69, 9.17) is 18.9 Å². The molecule has 9 atom stereocenters. The van der Waals surface area contributed by atoms with Gasteiger partial charge in [0.05, 0.1) is 18.1 Å². The Morgan fingerprint density at radius 1 is 0.596 bits per heavy atom. The van der Waals surface area contributed by atoms with Crippen molar-refractivity contribution in [3.05, 3.63) is 94.2 Å². The van der Waals surface area contributed by atoms with Gasteiger partial charge < -0.3 is 80.2 Å². The highest BCUT2D eigenvalue weighted by atomic mass is 16.7. The first-order valence-corrected chi connectivity index (χ1v) is 15.9. The molecule has 16 nitrogen and oxygen atoms in total. The van der Waals surface area contributed by atoms with E-state index in [1.165, 1.54) is 36.4 Å². The van der Waals surface area contributed by atoms with E-state index in [2.05, 4.69) is 0 Å². The Morgan fingerprint density at radius 3 is 1.98 bits per heavy atom. The molecule has 3 aliphatic heterocycles. The van der Waals surface area contributed by atoms with E-state index >= 15 is 0 Å². The van der Waals surface area contributed by atoms with Crippen molar-refractivity contribution < 1.29 is 80.2 Å². The summed E-state index contributed by atoms with van der Waals surface area (Å²) in [5.74, 6) is -5.12. The van der Waals surface area contributed by atoms with E-state index in [-0.39, 0.29) is 45.3 Å². The van der Waals surface area contributed by atoms with Crippen LogP contribution in [-0.2, 0) is 9.47 Å². The molecule has 4 aromatic rings. The summed E-state index contributed by atoms with van der Waals surface area (Å²) >= 11 is 0. The van der Waals surface area contributed by atoms with E-state index in [0.29, 0.717) is 5.56 Å². The van der Waals surface area contributed by atoms with Crippen molar-refractivity contribution in [2.24, 2.45) is 0 Å². The summed E-state index contributed by atoms with van der Waals surface area (Å²) in [5.41, 5.74) is 0.0769. The average molecular weight is 723 g/mol. The zero-order valence-electron chi connectivity index (χ0n) is 26.8. The van der Waals surface area contributed by atoms with E-state index in [1.54, 1.807) is 0 Å². The van der Waals surface area contributed by atoms with Crippen molar-refractivity contribution in [1.29, 1.82) is 0 Å². The molecule has 1 unspecified atom stereocenters. The minimum absolute atomic E-state index is 0.0927. The van der Waals surface area contributed by atoms with Crippen LogP contribution >= 0.6 is 0 Å². The zero-order chi connectivity index (χ0) is 37.2. The molecule has 0 saturated carbocycles.